The fourth-order valence-electron chi connectivity index (χ4n) is 2.16. The standard InChI is InChI=1S/C14H18O5/c1-3-18-13(16)7-19-14(8-17-9-14)12-5-4-11(15)6-10(12)2/h4-6,15H,3,7-9H2,1-2H3. The highest BCUT2D eigenvalue weighted by atomic mass is 16.6. The summed E-state index contributed by atoms with van der Waals surface area (Å²) in [7, 11) is 0. The van der Waals surface area contributed by atoms with E-state index in [0.717, 1.165) is 11.1 Å². The van der Waals surface area contributed by atoms with E-state index < -0.39 is 5.60 Å². The maximum Gasteiger partial charge on any atom is 0.332 e. The Morgan fingerprint density at radius 2 is 2.21 bits per heavy atom. The van der Waals surface area contributed by atoms with Crippen molar-refractivity contribution in [3.8, 4) is 5.75 Å². The van der Waals surface area contributed by atoms with Crippen molar-refractivity contribution in [2.45, 2.75) is 19.4 Å². The van der Waals surface area contributed by atoms with Crippen LogP contribution < -0.4 is 0 Å². The molecule has 0 saturated carbocycles. The van der Waals surface area contributed by atoms with Gasteiger partial charge in [-0.3, -0.25) is 0 Å². The first-order valence-electron chi connectivity index (χ1n) is 6.25. The average molecular weight is 266 g/mol. The number of carbonyl (C=O) groups is 1. The Morgan fingerprint density at radius 1 is 1.47 bits per heavy atom. The highest BCUT2D eigenvalue weighted by Crippen LogP contribution is 2.36. The maximum absolute atomic E-state index is 11.4. The van der Waals surface area contributed by atoms with Crippen molar-refractivity contribution in [3.63, 3.8) is 0 Å². The van der Waals surface area contributed by atoms with Crippen LogP contribution in [0.25, 0.3) is 0 Å². The monoisotopic (exact) mass is 266 g/mol. The van der Waals surface area contributed by atoms with Crippen LogP contribution in [-0.4, -0.2) is 37.5 Å². The van der Waals surface area contributed by atoms with Gasteiger partial charge in [0.15, 0.2) is 0 Å². The third-order valence-corrected chi connectivity index (χ3v) is 3.14. The van der Waals surface area contributed by atoms with Crippen molar-refractivity contribution >= 4 is 5.97 Å². The summed E-state index contributed by atoms with van der Waals surface area (Å²) in [6.45, 7) is 4.69. The van der Waals surface area contributed by atoms with Crippen LogP contribution in [0.5, 0.6) is 5.75 Å². The van der Waals surface area contributed by atoms with Crippen LogP contribution in [0.3, 0.4) is 0 Å². The van der Waals surface area contributed by atoms with Crippen LogP contribution in [0.1, 0.15) is 18.1 Å². The van der Waals surface area contributed by atoms with Gasteiger partial charge in [0.05, 0.1) is 19.8 Å². The van der Waals surface area contributed by atoms with E-state index in [0.29, 0.717) is 19.8 Å². The smallest absolute Gasteiger partial charge is 0.332 e. The van der Waals surface area contributed by atoms with Gasteiger partial charge < -0.3 is 19.3 Å². The summed E-state index contributed by atoms with van der Waals surface area (Å²) in [6.07, 6.45) is 0. The van der Waals surface area contributed by atoms with Gasteiger partial charge in [0.1, 0.15) is 18.0 Å². The van der Waals surface area contributed by atoms with Crippen LogP contribution in [0, 0.1) is 6.92 Å². The summed E-state index contributed by atoms with van der Waals surface area (Å²) in [5.41, 5.74) is 1.23. The van der Waals surface area contributed by atoms with E-state index in [-0.39, 0.29) is 18.3 Å². The number of carbonyl (C=O) groups excluding carboxylic acids is 1. The van der Waals surface area contributed by atoms with Gasteiger partial charge in [-0.25, -0.2) is 4.79 Å². The number of rotatable bonds is 5. The zero-order valence-electron chi connectivity index (χ0n) is 11.1. The second-order valence-corrected chi connectivity index (χ2v) is 4.58. The normalized spacial score (nSPS) is 16.7. The van der Waals surface area contributed by atoms with Gasteiger partial charge in [0.25, 0.3) is 0 Å². The lowest BCUT2D eigenvalue weighted by molar-refractivity contribution is -0.221. The minimum Gasteiger partial charge on any atom is -0.508 e. The van der Waals surface area contributed by atoms with Crippen LogP contribution >= 0.6 is 0 Å². The van der Waals surface area contributed by atoms with E-state index in [4.69, 9.17) is 14.2 Å². The Balaban J connectivity index is 2.11. The predicted octanol–water partition coefficient (Wildman–Crippen LogP) is 1.51. The molecule has 0 spiro atoms. The second-order valence-electron chi connectivity index (χ2n) is 4.58. The molecule has 0 atom stereocenters. The van der Waals surface area contributed by atoms with Gasteiger partial charge in [-0.2, -0.15) is 0 Å². The lowest BCUT2D eigenvalue weighted by Crippen LogP contribution is -2.50. The number of phenolic OH excluding ortho intramolecular Hbond substituents is 1. The van der Waals surface area contributed by atoms with Crippen molar-refractivity contribution in [2.24, 2.45) is 0 Å². The number of ether oxygens (including phenoxy) is 3. The molecule has 1 aromatic rings. The molecule has 104 valence electrons. The first-order valence-corrected chi connectivity index (χ1v) is 6.25. The molecule has 1 heterocycles. The minimum atomic E-state index is -0.607. The molecule has 0 radical (unpaired) electrons. The highest BCUT2D eigenvalue weighted by Gasteiger charge is 2.43. The van der Waals surface area contributed by atoms with Crippen molar-refractivity contribution in [2.75, 3.05) is 26.4 Å². The van der Waals surface area contributed by atoms with E-state index >= 15 is 0 Å². The van der Waals surface area contributed by atoms with E-state index in [1.54, 1.807) is 25.1 Å². The number of phenols is 1. The van der Waals surface area contributed by atoms with Gasteiger partial charge >= 0.3 is 5.97 Å². The Hall–Kier alpha value is -1.59. The molecule has 0 unspecified atom stereocenters. The summed E-state index contributed by atoms with van der Waals surface area (Å²) >= 11 is 0. The number of aryl methyl sites for hydroxylation is 1. The second kappa shape index (κ2) is 5.59. The molecule has 1 aromatic carbocycles. The van der Waals surface area contributed by atoms with E-state index in [1.165, 1.54) is 0 Å². The summed E-state index contributed by atoms with van der Waals surface area (Å²) in [6, 6.07) is 5.08. The maximum atomic E-state index is 11.4. The van der Waals surface area contributed by atoms with Gasteiger partial charge in [0, 0.05) is 0 Å². The number of aromatic hydroxyl groups is 1. The summed E-state index contributed by atoms with van der Waals surface area (Å²) in [5.74, 6) is -0.174. The topological polar surface area (TPSA) is 65.0 Å². The lowest BCUT2D eigenvalue weighted by Gasteiger charge is -2.42. The van der Waals surface area contributed by atoms with E-state index in [2.05, 4.69) is 0 Å². The molecular weight excluding hydrogens is 248 g/mol. The average Bonchev–Trinajstić information content (AvgIpc) is 2.30. The van der Waals surface area contributed by atoms with Crippen LogP contribution in [0.15, 0.2) is 18.2 Å². The molecule has 2 rings (SSSR count). The van der Waals surface area contributed by atoms with Gasteiger partial charge in [-0.05, 0) is 37.1 Å². The molecule has 1 saturated heterocycles. The molecule has 0 aliphatic carbocycles. The molecule has 0 aromatic heterocycles. The SMILES string of the molecule is CCOC(=O)COC1(c2ccc(O)cc2C)COC1. The zero-order chi connectivity index (χ0) is 13.9. The van der Waals surface area contributed by atoms with Crippen molar-refractivity contribution in [1.29, 1.82) is 0 Å². The first-order chi connectivity index (χ1) is 9.07. The number of esters is 1. The molecule has 1 aliphatic heterocycles. The van der Waals surface area contributed by atoms with E-state index in [1.807, 2.05) is 6.92 Å². The molecule has 5 nitrogen and oxygen atoms in total. The Bertz CT molecular complexity index is 465. The predicted molar refractivity (Wildman–Crippen MR) is 67.9 cm³/mol. The first kappa shape index (κ1) is 13.8. The lowest BCUT2D eigenvalue weighted by atomic mass is 9.88. The molecular formula is C14H18O5. The molecule has 1 N–H and O–H groups in total. The van der Waals surface area contributed by atoms with Crippen molar-refractivity contribution < 1.29 is 24.1 Å². The van der Waals surface area contributed by atoms with Crippen molar-refractivity contribution in [1.82, 2.24) is 0 Å². The zero-order valence-corrected chi connectivity index (χ0v) is 11.1. The third kappa shape index (κ3) is 2.88. The number of hydrogen-bond donors (Lipinski definition) is 1. The van der Waals surface area contributed by atoms with Gasteiger partial charge in [0.2, 0.25) is 0 Å². The minimum absolute atomic E-state index is 0.0997. The largest absolute Gasteiger partial charge is 0.508 e. The van der Waals surface area contributed by atoms with Gasteiger partial charge in [-0.1, -0.05) is 6.07 Å². The molecule has 5 heteroatoms. The Morgan fingerprint density at radius 3 is 2.74 bits per heavy atom. The molecule has 19 heavy (non-hydrogen) atoms. The fourth-order valence-corrected chi connectivity index (χ4v) is 2.16. The molecule has 0 amide bonds. The molecule has 1 aliphatic rings. The summed E-state index contributed by atoms with van der Waals surface area (Å²) < 4.78 is 15.8. The van der Waals surface area contributed by atoms with E-state index in [9.17, 15) is 9.90 Å². The van der Waals surface area contributed by atoms with Crippen LogP contribution in [-0.2, 0) is 24.6 Å². The Labute approximate surface area is 112 Å². The molecule has 1 fully saturated rings. The molecule has 0 bridgehead atoms. The van der Waals surface area contributed by atoms with Crippen molar-refractivity contribution in [3.05, 3.63) is 29.3 Å². The third-order valence-electron chi connectivity index (χ3n) is 3.14. The van der Waals surface area contributed by atoms with Crippen LogP contribution in [0.4, 0.5) is 0 Å². The number of hydrogen-bond acceptors (Lipinski definition) is 5. The fraction of sp³-hybridized carbons (Fsp3) is 0.500. The van der Waals surface area contributed by atoms with Crippen LogP contribution in [0.2, 0.25) is 0 Å². The quantitative estimate of drug-likeness (QED) is 0.818. The van der Waals surface area contributed by atoms with Gasteiger partial charge in [-0.15, -0.1) is 0 Å². The Kier molecular flexibility index (Phi) is 4.07. The summed E-state index contributed by atoms with van der Waals surface area (Å²) in [5, 5.41) is 9.44. The highest BCUT2D eigenvalue weighted by molar-refractivity contribution is 5.70. The summed E-state index contributed by atoms with van der Waals surface area (Å²) in [4.78, 5) is 11.4. The number of benzene rings is 1.